The molecule has 1 saturated heterocycles. The van der Waals surface area contributed by atoms with Crippen LogP contribution in [0, 0.1) is 17.8 Å². The van der Waals surface area contributed by atoms with Gasteiger partial charge in [-0.15, -0.1) is 0 Å². The topological polar surface area (TPSA) is 158 Å². The molecule has 10 nitrogen and oxygen atoms in total. The minimum absolute atomic E-state index is 0.00609. The maximum Gasteiger partial charge on any atom is 0.223 e. The first-order valence-electron chi connectivity index (χ1n) is 14.7. The predicted octanol–water partition coefficient (Wildman–Crippen LogP) is 1.53. The van der Waals surface area contributed by atoms with Crippen LogP contribution in [0.15, 0.2) is 48.6 Å². The molecule has 0 spiro atoms. The number of amides is 2. The summed E-state index contributed by atoms with van der Waals surface area (Å²) < 4.78 is 10.8. The molecule has 1 saturated carbocycles. The zero-order chi connectivity index (χ0) is 29.6. The van der Waals surface area contributed by atoms with Crippen LogP contribution in [0.25, 0.3) is 6.08 Å². The zero-order valence-electron chi connectivity index (χ0n) is 23.8. The van der Waals surface area contributed by atoms with Gasteiger partial charge in [0.15, 0.2) is 6.29 Å². The van der Waals surface area contributed by atoms with Crippen molar-refractivity contribution >= 4 is 17.9 Å². The Hall–Kier alpha value is -2.60. The van der Waals surface area contributed by atoms with Crippen molar-refractivity contribution in [1.82, 2.24) is 10.6 Å². The number of allylic oxidation sites excluding steroid dienone is 3. The summed E-state index contributed by atoms with van der Waals surface area (Å²) in [5.74, 6) is -0.0718. The largest absolute Gasteiger partial charge is 0.394 e. The molecular weight excluding hydrogens is 528 g/mol. The zero-order valence-corrected chi connectivity index (χ0v) is 23.8. The number of rotatable bonds is 15. The van der Waals surface area contributed by atoms with Crippen LogP contribution in [-0.2, 0) is 19.1 Å². The smallest absolute Gasteiger partial charge is 0.223 e. The number of ether oxygens (including phenoxy) is 2. The fourth-order valence-corrected chi connectivity index (χ4v) is 5.26. The highest BCUT2D eigenvalue weighted by molar-refractivity contribution is 5.79. The fourth-order valence-electron chi connectivity index (χ4n) is 5.26. The van der Waals surface area contributed by atoms with Crippen molar-refractivity contribution in [2.75, 3.05) is 26.3 Å². The van der Waals surface area contributed by atoms with Crippen molar-refractivity contribution in [2.24, 2.45) is 17.8 Å². The van der Waals surface area contributed by atoms with Crippen molar-refractivity contribution in [3.63, 3.8) is 0 Å². The van der Waals surface area contributed by atoms with E-state index in [1.807, 2.05) is 36.4 Å². The highest BCUT2D eigenvalue weighted by Crippen LogP contribution is 2.39. The molecule has 0 radical (unpaired) electrons. The molecule has 1 aromatic carbocycles. The Bertz CT molecular complexity index is 986. The lowest BCUT2D eigenvalue weighted by molar-refractivity contribution is -0.300. The molecule has 8 unspecified atom stereocenters. The molecule has 0 bridgehead atoms. The maximum atomic E-state index is 13.2. The molecule has 2 amide bonds. The van der Waals surface area contributed by atoms with E-state index in [1.165, 1.54) is 0 Å². The van der Waals surface area contributed by atoms with Gasteiger partial charge in [-0.2, -0.15) is 0 Å². The standard InChI is InChI=1S/C31H46N2O8/c1-2-3-15-32-26(35)12-8-7-11-23-18-22(14-13-21-9-5-4-6-10-21)19-24(23)30(39)33-16-17-40-31-29(38)28(37)27(36)25(20-34)41-31/h4-7,9-11,13-14,22-25,27-29,31,34,36-38H,2-3,8,12,15-20H2,1H3,(H,32,35)(H,33,39)/b11-7+,14-13+. The van der Waals surface area contributed by atoms with Gasteiger partial charge < -0.3 is 40.5 Å². The lowest BCUT2D eigenvalue weighted by atomic mass is 9.94. The van der Waals surface area contributed by atoms with E-state index in [4.69, 9.17) is 9.47 Å². The lowest BCUT2D eigenvalue weighted by Crippen LogP contribution is -2.59. The van der Waals surface area contributed by atoms with E-state index in [-0.39, 0.29) is 42.7 Å². The van der Waals surface area contributed by atoms with Crippen LogP contribution in [0.4, 0.5) is 0 Å². The van der Waals surface area contributed by atoms with Gasteiger partial charge in [0, 0.05) is 25.4 Å². The third kappa shape index (κ3) is 10.3. The van der Waals surface area contributed by atoms with Gasteiger partial charge in [-0.3, -0.25) is 9.59 Å². The van der Waals surface area contributed by atoms with Gasteiger partial charge in [-0.1, -0.05) is 68.0 Å². The molecule has 1 heterocycles. The molecule has 1 aliphatic carbocycles. The average Bonchev–Trinajstić information content (AvgIpc) is 3.40. The highest BCUT2D eigenvalue weighted by Gasteiger charge is 2.44. The molecule has 8 atom stereocenters. The second-order valence-electron chi connectivity index (χ2n) is 10.8. The predicted molar refractivity (Wildman–Crippen MR) is 154 cm³/mol. The van der Waals surface area contributed by atoms with Gasteiger partial charge in [0.05, 0.1) is 13.2 Å². The SMILES string of the molecule is CCCCNC(=O)CC/C=C/C1CC(/C=C/c2ccccc2)CC1C(=O)NCCOC1OC(CO)C(O)C(O)C1O. The first kappa shape index (κ1) is 32.9. The summed E-state index contributed by atoms with van der Waals surface area (Å²) >= 11 is 0. The molecule has 3 rings (SSSR count). The number of carbonyl (C=O) groups excluding carboxylic acids is 2. The highest BCUT2D eigenvalue weighted by atomic mass is 16.7. The van der Waals surface area contributed by atoms with Crippen molar-refractivity contribution in [1.29, 1.82) is 0 Å². The third-order valence-electron chi connectivity index (χ3n) is 7.65. The molecule has 228 valence electrons. The minimum Gasteiger partial charge on any atom is -0.394 e. The summed E-state index contributed by atoms with van der Waals surface area (Å²) in [7, 11) is 0. The number of nitrogens with one attached hydrogen (secondary N) is 2. The van der Waals surface area contributed by atoms with Gasteiger partial charge in [-0.05, 0) is 43.1 Å². The normalized spacial score (nSPS) is 30.2. The van der Waals surface area contributed by atoms with E-state index >= 15 is 0 Å². The van der Waals surface area contributed by atoms with E-state index < -0.39 is 37.3 Å². The van der Waals surface area contributed by atoms with Gasteiger partial charge >= 0.3 is 0 Å². The van der Waals surface area contributed by atoms with Crippen LogP contribution in [0.2, 0.25) is 0 Å². The lowest BCUT2D eigenvalue weighted by Gasteiger charge is -2.39. The Morgan fingerprint density at radius 3 is 2.54 bits per heavy atom. The Labute approximate surface area is 242 Å². The minimum atomic E-state index is -1.52. The summed E-state index contributed by atoms with van der Waals surface area (Å²) in [5, 5.41) is 45.1. The Balaban J connectivity index is 1.52. The first-order valence-corrected chi connectivity index (χ1v) is 14.7. The van der Waals surface area contributed by atoms with Crippen LogP contribution >= 0.6 is 0 Å². The molecule has 6 N–H and O–H groups in total. The van der Waals surface area contributed by atoms with Crippen molar-refractivity contribution in [3.05, 3.63) is 54.1 Å². The second-order valence-corrected chi connectivity index (χ2v) is 10.8. The van der Waals surface area contributed by atoms with Crippen LogP contribution in [0.3, 0.4) is 0 Å². The number of benzene rings is 1. The van der Waals surface area contributed by atoms with Gasteiger partial charge in [-0.25, -0.2) is 0 Å². The number of hydrogen-bond acceptors (Lipinski definition) is 8. The number of aliphatic hydroxyl groups is 4. The van der Waals surface area contributed by atoms with Crippen LogP contribution in [0.5, 0.6) is 0 Å². The monoisotopic (exact) mass is 574 g/mol. The molecule has 1 aromatic rings. The quantitative estimate of drug-likeness (QED) is 0.136. The molecule has 2 aliphatic rings. The van der Waals surface area contributed by atoms with E-state index in [9.17, 15) is 30.0 Å². The van der Waals surface area contributed by atoms with E-state index in [0.29, 0.717) is 25.8 Å². The number of aliphatic hydroxyl groups excluding tert-OH is 4. The van der Waals surface area contributed by atoms with E-state index in [1.54, 1.807) is 0 Å². The van der Waals surface area contributed by atoms with Crippen LogP contribution in [0.1, 0.15) is 51.0 Å². The molecular formula is C31H46N2O8. The first-order chi connectivity index (χ1) is 19.8. The number of carbonyl (C=O) groups is 2. The average molecular weight is 575 g/mol. The summed E-state index contributed by atoms with van der Waals surface area (Å²) in [6.07, 6.45) is 6.08. The Morgan fingerprint density at radius 1 is 1.02 bits per heavy atom. The van der Waals surface area contributed by atoms with Crippen LogP contribution < -0.4 is 10.6 Å². The van der Waals surface area contributed by atoms with E-state index in [2.05, 4.69) is 35.8 Å². The molecule has 2 fully saturated rings. The fraction of sp³-hybridized carbons (Fsp3) is 0.613. The summed E-state index contributed by atoms with van der Waals surface area (Å²) in [6.45, 7) is 2.40. The van der Waals surface area contributed by atoms with Gasteiger partial charge in [0.1, 0.15) is 24.4 Å². The third-order valence-corrected chi connectivity index (χ3v) is 7.65. The van der Waals surface area contributed by atoms with Crippen molar-refractivity contribution < 1.29 is 39.5 Å². The summed E-state index contributed by atoms with van der Waals surface area (Å²) in [5.41, 5.74) is 1.10. The van der Waals surface area contributed by atoms with Crippen molar-refractivity contribution in [3.8, 4) is 0 Å². The Kier molecular flexibility index (Phi) is 13.9. The molecule has 0 aromatic heterocycles. The number of hydrogen-bond donors (Lipinski definition) is 6. The summed E-state index contributed by atoms with van der Waals surface area (Å²) in [6, 6.07) is 10.0. The van der Waals surface area contributed by atoms with Crippen LogP contribution in [-0.4, -0.2) is 89.2 Å². The van der Waals surface area contributed by atoms with E-state index in [0.717, 1.165) is 24.8 Å². The maximum absolute atomic E-state index is 13.2. The van der Waals surface area contributed by atoms with Gasteiger partial charge in [0.25, 0.3) is 0 Å². The summed E-state index contributed by atoms with van der Waals surface area (Å²) in [4.78, 5) is 25.2. The number of unbranched alkanes of at least 4 members (excludes halogenated alkanes) is 1. The van der Waals surface area contributed by atoms with Gasteiger partial charge in [0.2, 0.25) is 11.8 Å². The Morgan fingerprint density at radius 2 is 1.80 bits per heavy atom. The second kappa shape index (κ2) is 17.4. The molecule has 1 aliphatic heterocycles. The molecule has 41 heavy (non-hydrogen) atoms. The molecule has 10 heteroatoms. The van der Waals surface area contributed by atoms with Crippen molar-refractivity contribution in [2.45, 2.75) is 76.2 Å².